The number of nitrogens with zero attached hydrogens (tertiary/aromatic N) is 2. The van der Waals surface area contributed by atoms with Crippen molar-refractivity contribution in [1.29, 1.82) is 0 Å². The fraction of sp³-hybridized carbons (Fsp3) is 0.625. The molecule has 0 aliphatic carbocycles. The highest BCUT2D eigenvalue weighted by molar-refractivity contribution is 8.01. The second-order valence-corrected chi connectivity index (χ2v) is 7.47. The summed E-state index contributed by atoms with van der Waals surface area (Å²) in [7, 11) is 0. The van der Waals surface area contributed by atoms with E-state index in [1.165, 1.54) is 5.56 Å². The van der Waals surface area contributed by atoms with Crippen LogP contribution < -0.4 is 0 Å². The lowest BCUT2D eigenvalue weighted by molar-refractivity contribution is -0.136. The van der Waals surface area contributed by atoms with E-state index < -0.39 is 0 Å². The number of ether oxygens (including phenoxy) is 1. The first-order chi connectivity index (χ1) is 10.2. The van der Waals surface area contributed by atoms with Crippen molar-refractivity contribution in [2.45, 2.75) is 43.6 Å². The highest BCUT2D eigenvalue weighted by atomic mass is 32.2. The van der Waals surface area contributed by atoms with Crippen molar-refractivity contribution in [3.05, 3.63) is 30.1 Å². The van der Waals surface area contributed by atoms with E-state index in [9.17, 15) is 4.79 Å². The fourth-order valence-corrected chi connectivity index (χ4v) is 4.57. The predicted molar refractivity (Wildman–Crippen MR) is 84.1 cm³/mol. The summed E-state index contributed by atoms with van der Waals surface area (Å²) < 4.78 is 6.28. The first-order valence-corrected chi connectivity index (χ1v) is 8.61. The molecule has 1 spiro atoms. The Hall–Kier alpha value is -1.07. The van der Waals surface area contributed by atoms with E-state index in [1.807, 2.05) is 28.8 Å². The maximum absolute atomic E-state index is 11.8. The minimum atomic E-state index is 0.270. The van der Waals surface area contributed by atoms with Gasteiger partial charge in [-0.15, -0.1) is 11.8 Å². The van der Waals surface area contributed by atoms with Crippen LogP contribution in [0.3, 0.4) is 0 Å². The molecule has 2 aliphatic rings. The molecule has 2 fully saturated rings. The predicted octanol–water partition coefficient (Wildman–Crippen LogP) is 2.48. The molecule has 1 aromatic heterocycles. The van der Waals surface area contributed by atoms with Gasteiger partial charge in [-0.2, -0.15) is 0 Å². The Labute approximate surface area is 130 Å². The quantitative estimate of drug-likeness (QED) is 0.838. The Morgan fingerprint density at radius 2 is 2.24 bits per heavy atom. The average Bonchev–Trinajstić information content (AvgIpc) is 2.89. The third-order valence-electron chi connectivity index (χ3n) is 4.18. The summed E-state index contributed by atoms with van der Waals surface area (Å²) in [6.45, 7) is 4.53. The smallest absolute Gasteiger partial charge is 0.222 e. The summed E-state index contributed by atoms with van der Waals surface area (Å²) in [4.78, 5) is 17.9. The van der Waals surface area contributed by atoms with Crippen LogP contribution in [0.15, 0.2) is 24.5 Å². The number of thioether (sulfide) groups is 1. The van der Waals surface area contributed by atoms with Crippen LogP contribution in [0.25, 0.3) is 0 Å². The van der Waals surface area contributed by atoms with Crippen LogP contribution in [0.4, 0.5) is 0 Å². The van der Waals surface area contributed by atoms with E-state index in [1.54, 1.807) is 12.4 Å². The molecule has 1 aromatic rings. The molecule has 1 amide bonds. The van der Waals surface area contributed by atoms with Crippen LogP contribution in [0, 0.1) is 0 Å². The van der Waals surface area contributed by atoms with Gasteiger partial charge in [0.05, 0.1) is 17.5 Å². The van der Waals surface area contributed by atoms with Gasteiger partial charge in [-0.25, -0.2) is 0 Å². The molecule has 2 aliphatic heterocycles. The minimum absolute atomic E-state index is 0.270. The number of hydrogen-bond donors (Lipinski definition) is 0. The Kier molecular flexibility index (Phi) is 4.50. The summed E-state index contributed by atoms with van der Waals surface area (Å²) in [5, 5.41) is 0. The average molecular weight is 306 g/mol. The lowest BCUT2D eigenvalue weighted by Gasteiger charge is -2.47. The molecule has 0 bridgehead atoms. The number of likely N-dealkylation sites (tertiary alicyclic amines) is 1. The first-order valence-electron chi connectivity index (χ1n) is 7.63. The number of hydrogen-bond acceptors (Lipinski definition) is 4. The van der Waals surface area contributed by atoms with Gasteiger partial charge in [-0.05, 0) is 30.5 Å². The van der Waals surface area contributed by atoms with E-state index in [0.717, 1.165) is 31.7 Å². The molecule has 0 saturated carbocycles. The Morgan fingerprint density at radius 3 is 2.95 bits per heavy atom. The second kappa shape index (κ2) is 6.36. The molecule has 21 heavy (non-hydrogen) atoms. The van der Waals surface area contributed by atoms with Crippen LogP contribution in [0.5, 0.6) is 0 Å². The summed E-state index contributed by atoms with van der Waals surface area (Å²) in [5.74, 6) is 1.35. The standard InChI is InChI=1S/C16H22N2O2S/c1-2-3-15(19)18-11-16(12-18)8-14(10-21-16)20-9-13-4-6-17-7-5-13/h4-7,14H,2-3,8-12H2,1H3/t14-/m0/s1. The molecule has 1 atom stereocenters. The van der Waals surface area contributed by atoms with Crippen molar-refractivity contribution >= 4 is 17.7 Å². The topological polar surface area (TPSA) is 42.4 Å². The molecule has 3 rings (SSSR count). The van der Waals surface area contributed by atoms with E-state index in [-0.39, 0.29) is 4.75 Å². The maximum Gasteiger partial charge on any atom is 0.222 e. The van der Waals surface area contributed by atoms with Gasteiger partial charge in [0, 0.05) is 37.7 Å². The van der Waals surface area contributed by atoms with Crippen molar-refractivity contribution in [3.63, 3.8) is 0 Å². The molecule has 5 heteroatoms. The third kappa shape index (κ3) is 3.40. The second-order valence-electron chi connectivity index (χ2n) is 5.99. The number of pyridine rings is 1. The molecule has 2 saturated heterocycles. The maximum atomic E-state index is 11.8. The number of amides is 1. The lowest BCUT2D eigenvalue weighted by Crippen LogP contribution is -2.60. The van der Waals surface area contributed by atoms with Crippen molar-refractivity contribution < 1.29 is 9.53 Å². The molecule has 0 radical (unpaired) electrons. The third-order valence-corrected chi connectivity index (χ3v) is 5.76. The van der Waals surface area contributed by atoms with Crippen LogP contribution >= 0.6 is 11.8 Å². The van der Waals surface area contributed by atoms with Gasteiger partial charge in [0.1, 0.15) is 0 Å². The zero-order chi connectivity index (χ0) is 14.7. The van der Waals surface area contributed by atoms with E-state index in [2.05, 4.69) is 11.9 Å². The summed E-state index contributed by atoms with van der Waals surface area (Å²) in [6, 6.07) is 3.98. The lowest BCUT2D eigenvalue weighted by atomic mass is 9.92. The van der Waals surface area contributed by atoms with Crippen molar-refractivity contribution in [3.8, 4) is 0 Å². The molecule has 114 valence electrons. The van der Waals surface area contributed by atoms with Gasteiger partial charge in [0.2, 0.25) is 5.91 Å². The zero-order valence-electron chi connectivity index (χ0n) is 12.5. The largest absolute Gasteiger partial charge is 0.373 e. The van der Waals surface area contributed by atoms with Crippen LogP contribution in [-0.4, -0.2) is 45.5 Å². The zero-order valence-corrected chi connectivity index (χ0v) is 13.3. The molecule has 0 unspecified atom stereocenters. The summed E-state index contributed by atoms with van der Waals surface area (Å²) >= 11 is 1.98. The van der Waals surface area contributed by atoms with Crippen molar-refractivity contribution in [1.82, 2.24) is 9.88 Å². The van der Waals surface area contributed by atoms with Gasteiger partial charge in [-0.3, -0.25) is 9.78 Å². The highest BCUT2D eigenvalue weighted by Gasteiger charge is 2.50. The summed E-state index contributed by atoms with van der Waals surface area (Å²) in [5.41, 5.74) is 1.17. The molecular formula is C16H22N2O2S. The van der Waals surface area contributed by atoms with Crippen LogP contribution in [0.2, 0.25) is 0 Å². The number of rotatable bonds is 5. The summed E-state index contributed by atoms with van der Waals surface area (Å²) in [6.07, 6.45) is 6.60. The molecule has 0 aromatic carbocycles. The molecular weight excluding hydrogens is 284 g/mol. The molecule has 4 nitrogen and oxygen atoms in total. The monoisotopic (exact) mass is 306 g/mol. The van der Waals surface area contributed by atoms with Crippen molar-refractivity contribution in [2.24, 2.45) is 0 Å². The SMILES string of the molecule is CCCC(=O)N1CC2(C[C@H](OCc3ccncc3)CS2)C1. The Bertz CT molecular complexity index is 488. The van der Waals surface area contributed by atoms with E-state index in [4.69, 9.17) is 4.74 Å². The van der Waals surface area contributed by atoms with E-state index >= 15 is 0 Å². The van der Waals surface area contributed by atoms with Crippen LogP contribution in [-0.2, 0) is 16.1 Å². The minimum Gasteiger partial charge on any atom is -0.373 e. The number of aromatic nitrogens is 1. The Morgan fingerprint density at radius 1 is 1.48 bits per heavy atom. The van der Waals surface area contributed by atoms with Gasteiger partial charge < -0.3 is 9.64 Å². The molecule has 0 N–H and O–H groups in total. The normalized spacial score (nSPS) is 23.3. The fourth-order valence-electron chi connectivity index (χ4n) is 3.02. The van der Waals surface area contributed by atoms with Gasteiger partial charge in [0.15, 0.2) is 0 Å². The number of carbonyl (C=O) groups is 1. The van der Waals surface area contributed by atoms with Gasteiger partial charge >= 0.3 is 0 Å². The van der Waals surface area contributed by atoms with Gasteiger partial charge in [0.25, 0.3) is 0 Å². The Balaban J connectivity index is 1.43. The van der Waals surface area contributed by atoms with Gasteiger partial charge in [-0.1, -0.05) is 6.92 Å². The highest BCUT2D eigenvalue weighted by Crippen LogP contribution is 2.46. The van der Waals surface area contributed by atoms with E-state index in [0.29, 0.717) is 25.0 Å². The molecule has 3 heterocycles. The van der Waals surface area contributed by atoms with Crippen LogP contribution in [0.1, 0.15) is 31.7 Å². The number of carbonyl (C=O) groups excluding carboxylic acids is 1. The first kappa shape index (κ1) is 14.9. The van der Waals surface area contributed by atoms with Crippen molar-refractivity contribution in [2.75, 3.05) is 18.8 Å².